The molecule has 0 aliphatic carbocycles. The van der Waals surface area contributed by atoms with Crippen LogP contribution in [0.4, 0.5) is 0 Å². The van der Waals surface area contributed by atoms with Crippen molar-refractivity contribution in [2.45, 2.75) is 25.9 Å². The Kier molecular flexibility index (Phi) is 6.35. The van der Waals surface area contributed by atoms with Crippen molar-refractivity contribution in [3.63, 3.8) is 0 Å². The molecule has 0 aliphatic heterocycles. The summed E-state index contributed by atoms with van der Waals surface area (Å²) in [5, 5.41) is 0. The fourth-order valence-electron chi connectivity index (χ4n) is 1.05. The first kappa shape index (κ1) is 12.3. The predicted octanol–water partition coefficient (Wildman–Crippen LogP) is 1.77. The molecule has 0 atom stereocenters. The van der Waals surface area contributed by atoms with Gasteiger partial charge in [0.25, 0.3) is 0 Å². The minimum atomic E-state index is -2.07. The first-order valence-electron chi connectivity index (χ1n) is 4.39. The molecule has 3 heteroatoms. The van der Waals surface area contributed by atoms with E-state index < -0.39 is 8.56 Å². The molecule has 0 N–H and O–H groups in total. The third-order valence-corrected chi connectivity index (χ3v) is 5.41. The zero-order valence-electron chi connectivity index (χ0n) is 8.30. The van der Waals surface area contributed by atoms with E-state index in [2.05, 4.69) is 11.8 Å². The third-order valence-electron chi connectivity index (χ3n) is 1.91. The van der Waals surface area contributed by atoms with Crippen LogP contribution >= 0.6 is 0 Å². The molecule has 0 amide bonds. The van der Waals surface area contributed by atoms with Crippen LogP contribution in [0.1, 0.15) is 13.8 Å². The van der Waals surface area contributed by atoms with Crippen molar-refractivity contribution >= 4 is 8.56 Å². The lowest BCUT2D eigenvalue weighted by molar-refractivity contribution is 0.208. The van der Waals surface area contributed by atoms with E-state index in [1.165, 1.54) is 0 Å². The monoisotopic (exact) mass is 196 g/mol. The Labute approximate surface area is 81.9 Å². The summed E-state index contributed by atoms with van der Waals surface area (Å²) in [6.45, 7) is 4.72. The highest BCUT2D eigenvalue weighted by Gasteiger charge is 2.32. The molecule has 0 aromatic heterocycles. The highest BCUT2D eigenvalue weighted by molar-refractivity contribution is 6.67. The number of hydrogen-bond donors (Lipinski definition) is 0. The molecule has 0 fully saturated rings. The Morgan fingerprint density at radius 1 is 1.00 bits per heavy atom. The van der Waals surface area contributed by atoms with Crippen LogP contribution in [0.15, 0.2) is 0 Å². The predicted molar refractivity (Wildman–Crippen MR) is 56.3 cm³/mol. The van der Waals surface area contributed by atoms with Crippen LogP contribution in [0.25, 0.3) is 0 Å². The SMILES string of the molecule is C#CCO[Si](CC)(CC)OCC#C. The number of terminal acetylenes is 2. The molecule has 0 bridgehead atoms. The van der Waals surface area contributed by atoms with Gasteiger partial charge in [0.05, 0.1) is 13.2 Å². The first-order valence-corrected chi connectivity index (χ1v) is 6.62. The molecule has 0 radical (unpaired) electrons. The van der Waals surface area contributed by atoms with Gasteiger partial charge in [0.2, 0.25) is 0 Å². The van der Waals surface area contributed by atoms with E-state index in [0.29, 0.717) is 13.2 Å². The molecule has 0 aliphatic rings. The maximum absolute atomic E-state index is 5.56. The van der Waals surface area contributed by atoms with Crippen molar-refractivity contribution in [3.8, 4) is 24.7 Å². The Hall–Kier alpha value is -0.743. The second-order valence-electron chi connectivity index (χ2n) is 2.60. The normalized spacial score (nSPS) is 10.5. The van der Waals surface area contributed by atoms with Crippen molar-refractivity contribution in [2.24, 2.45) is 0 Å². The Morgan fingerprint density at radius 2 is 1.38 bits per heavy atom. The minimum Gasteiger partial charge on any atom is -0.383 e. The summed E-state index contributed by atoms with van der Waals surface area (Å²) < 4.78 is 11.1. The van der Waals surface area contributed by atoms with E-state index >= 15 is 0 Å². The summed E-state index contributed by atoms with van der Waals surface area (Å²) in [5.41, 5.74) is 0. The van der Waals surface area contributed by atoms with Gasteiger partial charge >= 0.3 is 8.56 Å². The lowest BCUT2D eigenvalue weighted by atomic mass is 10.8. The second-order valence-corrected chi connectivity index (χ2v) is 6.42. The summed E-state index contributed by atoms with van der Waals surface area (Å²) in [5.74, 6) is 4.90. The standard InChI is InChI=1S/C10H16O2Si/c1-5-9-11-13(7-3,8-4)12-10-6-2/h1-2H,7-10H2,3-4H3. The van der Waals surface area contributed by atoms with Crippen LogP contribution < -0.4 is 0 Å². The van der Waals surface area contributed by atoms with Gasteiger partial charge in [-0.25, -0.2) is 0 Å². The zero-order chi connectivity index (χ0) is 10.2. The lowest BCUT2D eigenvalue weighted by Gasteiger charge is -2.26. The van der Waals surface area contributed by atoms with E-state index in [1.54, 1.807) is 0 Å². The van der Waals surface area contributed by atoms with Crippen molar-refractivity contribution in [1.29, 1.82) is 0 Å². The van der Waals surface area contributed by atoms with Gasteiger partial charge in [-0.05, 0) is 12.1 Å². The average molecular weight is 196 g/mol. The number of hydrogen-bond acceptors (Lipinski definition) is 2. The van der Waals surface area contributed by atoms with Crippen LogP contribution in [0.2, 0.25) is 12.1 Å². The molecule has 0 aromatic rings. The van der Waals surface area contributed by atoms with Crippen LogP contribution in [0.3, 0.4) is 0 Å². The van der Waals surface area contributed by atoms with Gasteiger partial charge < -0.3 is 8.85 Å². The largest absolute Gasteiger partial charge is 0.383 e. The zero-order valence-corrected chi connectivity index (χ0v) is 9.30. The summed E-state index contributed by atoms with van der Waals surface area (Å²) in [7, 11) is -2.07. The summed E-state index contributed by atoms with van der Waals surface area (Å²) in [6.07, 6.45) is 10.3. The molecule has 0 aromatic carbocycles. The van der Waals surface area contributed by atoms with Crippen LogP contribution in [0.5, 0.6) is 0 Å². The summed E-state index contributed by atoms with van der Waals surface area (Å²) in [4.78, 5) is 0. The Bertz CT molecular complexity index is 188. The fourth-order valence-corrected chi connectivity index (χ4v) is 3.14. The molecular weight excluding hydrogens is 180 g/mol. The van der Waals surface area contributed by atoms with Crippen LogP contribution in [-0.4, -0.2) is 21.8 Å². The molecule has 0 saturated heterocycles. The van der Waals surface area contributed by atoms with Gasteiger partial charge in [-0.2, -0.15) is 0 Å². The molecule has 0 spiro atoms. The van der Waals surface area contributed by atoms with Crippen molar-refractivity contribution in [3.05, 3.63) is 0 Å². The van der Waals surface area contributed by atoms with Gasteiger partial charge in [-0.3, -0.25) is 0 Å². The quantitative estimate of drug-likeness (QED) is 0.476. The van der Waals surface area contributed by atoms with E-state index in [-0.39, 0.29) is 0 Å². The molecule has 0 unspecified atom stereocenters. The Morgan fingerprint density at radius 3 is 1.62 bits per heavy atom. The Balaban J connectivity index is 4.16. The van der Waals surface area contributed by atoms with Crippen LogP contribution in [0, 0.1) is 24.7 Å². The van der Waals surface area contributed by atoms with Gasteiger partial charge in [0.1, 0.15) is 0 Å². The maximum atomic E-state index is 5.56. The summed E-state index contributed by atoms with van der Waals surface area (Å²) in [6, 6.07) is 1.76. The molecule has 0 heterocycles. The van der Waals surface area contributed by atoms with Gasteiger partial charge in [0, 0.05) is 0 Å². The van der Waals surface area contributed by atoms with Gasteiger partial charge in [-0.1, -0.05) is 25.7 Å². The molecule has 0 saturated carbocycles. The van der Waals surface area contributed by atoms with Crippen molar-refractivity contribution < 1.29 is 8.85 Å². The fraction of sp³-hybridized carbons (Fsp3) is 0.600. The van der Waals surface area contributed by atoms with E-state index in [9.17, 15) is 0 Å². The average Bonchev–Trinajstić information content (AvgIpc) is 2.20. The van der Waals surface area contributed by atoms with Crippen molar-refractivity contribution in [2.75, 3.05) is 13.2 Å². The van der Waals surface area contributed by atoms with E-state index in [4.69, 9.17) is 21.7 Å². The summed E-state index contributed by atoms with van der Waals surface area (Å²) >= 11 is 0. The molecule has 2 nitrogen and oxygen atoms in total. The molecule has 0 rings (SSSR count). The third kappa shape index (κ3) is 4.14. The maximum Gasteiger partial charge on any atom is 0.339 e. The van der Waals surface area contributed by atoms with E-state index in [1.807, 2.05) is 13.8 Å². The second kappa shape index (κ2) is 6.74. The lowest BCUT2D eigenvalue weighted by Crippen LogP contribution is -2.41. The first-order chi connectivity index (χ1) is 6.24. The smallest absolute Gasteiger partial charge is 0.339 e. The van der Waals surface area contributed by atoms with Gasteiger partial charge in [-0.15, -0.1) is 12.8 Å². The molecule has 72 valence electrons. The van der Waals surface area contributed by atoms with Gasteiger partial charge in [0.15, 0.2) is 0 Å². The van der Waals surface area contributed by atoms with Crippen LogP contribution in [-0.2, 0) is 8.85 Å². The highest BCUT2D eigenvalue weighted by atomic mass is 28.4. The molecule has 13 heavy (non-hydrogen) atoms. The molecular formula is C10H16O2Si. The highest BCUT2D eigenvalue weighted by Crippen LogP contribution is 2.17. The van der Waals surface area contributed by atoms with E-state index in [0.717, 1.165) is 12.1 Å². The topological polar surface area (TPSA) is 18.5 Å². The number of rotatable bonds is 6. The van der Waals surface area contributed by atoms with Crippen molar-refractivity contribution in [1.82, 2.24) is 0 Å². The minimum absolute atomic E-state index is 0.318.